The van der Waals surface area contributed by atoms with Crippen LogP contribution >= 0.6 is 0 Å². The van der Waals surface area contributed by atoms with Gasteiger partial charge in [-0.15, -0.1) is 0 Å². The third-order valence-electron chi connectivity index (χ3n) is 4.35. The van der Waals surface area contributed by atoms with Crippen LogP contribution in [0.5, 0.6) is 0 Å². The molecular formula is C19H31F3N5O5Y-. The summed E-state index contributed by atoms with van der Waals surface area (Å²) in [6.07, 6.45) is -5.78. The molecule has 33 heavy (non-hydrogen) atoms. The van der Waals surface area contributed by atoms with Crippen molar-refractivity contribution in [2.45, 2.75) is 71.4 Å². The van der Waals surface area contributed by atoms with Crippen molar-refractivity contribution < 1.29 is 69.9 Å². The summed E-state index contributed by atoms with van der Waals surface area (Å²) in [6, 6.07) is -5.97. The number of alkyl halides is 3. The summed E-state index contributed by atoms with van der Waals surface area (Å²) < 4.78 is 37.8. The molecule has 1 radical (unpaired) electrons. The maximum absolute atomic E-state index is 12.9. The Morgan fingerprint density at radius 1 is 0.879 bits per heavy atom. The van der Waals surface area contributed by atoms with Crippen LogP contribution in [0.25, 0.3) is 5.73 Å². The van der Waals surface area contributed by atoms with E-state index in [2.05, 4.69) is 10.6 Å². The number of Topliss-reactive ketones (excluding diaryl/α,β-unsaturated/α-hetero) is 1. The van der Waals surface area contributed by atoms with E-state index in [1.165, 1.54) is 21.0 Å². The Balaban J connectivity index is 0. The summed E-state index contributed by atoms with van der Waals surface area (Å²) >= 11 is 0. The first kappa shape index (κ1) is 33.6. The van der Waals surface area contributed by atoms with Gasteiger partial charge in [-0.2, -0.15) is 13.2 Å². The van der Waals surface area contributed by atoms with Crippen LogP contribution in [0.15, 0.2) is 0 Å². The predicted octanol–water partition coefficient (Wildman–Crippen LogP) is 0.555. The fourth-order valence-electron chi connectivity index (χ4n) is 2.39. The summed E-state index contributed by atoms with van der Waals surface area (Å²) in [5.74, 6) is -5.62. The SMILES string of the molecule is CC([NH-])C(=O)N[C@H](C(=O)NC(CC(=O)N(C)C)C(=O)NC(C)C(=O)C(F)(F)F)C(C)(C)C.[Y]. The Morgan fingerprint density at radius 2 is 1.36 bits per heavy atom. The molecule has 4 N–H and O–H groups in total. The minimum atomic E-state index is -5.18. The van der Waals surface area contributed by atoms with E-state index in [0.29, 0.717) is 0 Å². The molecule has 4 atom stereocenters. The van der Waals surface area contributed by atoms with Gasteiger partial charge in [-0.1, -0.05) is 33.7 Å². The van der Waals surface area contributed by atoms with Crippen LogP contribution in [0.4, 0.5) is 13.2 Å². The smallest absolute Gasteiger partial charge is 0.452 e. The number of carbonyl (C=O) groups is 5. The Bertz CT molecular complexity index is 738. The number of amides is 4. The van der Waals surface area contributed by atoms with E-state index in [9.17, 15) is 37.1 Å². The number of halogens is 3. The molecule has 0 aromatic rings. The molecule has 14 heteroatoms. The van der Waals surface area contributed by atoms with Crippen molar-refractivity contribution in [2.24, 2.45) is 5.41 Å². The van der Waals surface area contributed by atoms with Crippen molar-refractivity contribution in [2.75, 3.05) is 14.1 Å². The summed E-state index contributed by atoms with van der Waals surface area (Å²) in [4.78, 5) is 61.9. The molecule has 0 aliphatic carbocycles. The number of hydrogen-bond donors (Lipinski definition) is 3. The van der Waals surface area contributed by atoms with E-state index in [1.54, 1.807) is 20.8 Å². The molecule has 187 valence electrons. The van der Waals surface area contributed by atoms with Crippen LogP contribution in [-0.2, 0) is 56.7 Å². The number of carbonyl (C=O) groups excluding carboxylic acids is 5. The number of rotatable bonds is 9. The van der Waals surface area contributed by atoms with E-state index >= 15 is 0 Å². The molecule has 0 saturated carbocycles. The van der Waals surface area contributed by atoms with Gasteiger partial charge in [0.05, 0.1) is 12.5 Å². The second-order valence-corrected chi connectivity index (χ2v) is 8.68. The van der Waals surface area contributed by atoms with E-state index in [0.717, 1.165) is 11.8 Å². The van der Waals surface area contributed by atoms with Crippen LogP contribution in [0.3, 0.4) is 0 Å². The van der Waals surface area contributed by atoms with Crippen LogP contribution in [0.2, 0.25) is 0 Å². The molecule has 10 nitrogen and oxygen atoms in total. The molecule has 4 amide bonds. The minimum Gasteiger partial charge on any atom is -0.667 e. The number of ketones is 1. The van der Waals surface area contributed by atoms with Crippen LogP contribution < -0.4 is 16.0 Å². The van der Waals surface area contributed by atoms with Crippen molar-refractivity contribution >= 4 is 29.4 Å². The quantitative estimate of drug-likeness (QED) is 0.380. The Labute approximate surface area is 216 Å². The first-order chi connectivity index (χ1) is 14.3. The second kappa shape index (κ2) is 13.3. The first-order valence-electron chi connectivity index (χ1n) is 9.72. The summed E-state index contributed by atoms with van der Waals surface area (Å²) in [5, 5.41) is 6.52. The van der Waals surface area contributed by atoms with Gasteiger partial charge in [0.15, 0.2) is 0 Å². The van der Waals surface area contributed by atoms with Gasteiger partial charge in [-0.05, 0) is 12.3 Å². The van der Waals surface area contributed by atoms with Crippen molar-refractivity contribution in [3.8, 4) is 0 Å². The van der Waals surface area contributed by atoms with Gasteiger partial charge in [-0.25, -0.2) is 0 Å². The normalized spacial score (nSPS) is 15.1. The molecular weight excluding hydrogens is 524 g/mol. The number of hydrogen-bond acceptors (Lipinski definition) is 5. The molecule has 0 saturated heterocycles. The monoisotopic (exact) mass is 555 g/mol. The molecule has 0 fully saturated rings. The molecule has 0 aliphatic rings. The molecule has 3 unspecified atom stereocenters. The van der Waals surface area contributed by atoms with E-state index < -0.39 is 71.6 Å². The predicted molar refractivity (Wildman–Crippen MR) is 109 cm³/mol. The second-order valence-electron chi connectivity index (χ2n) is 8.68. The Hall–Kier alpha value is -1.60. The van der Waals surface area contributed by atoms with Crippen molar-refractivity contribution in [3.63, 3.8) is 0 Å². The van der Waals surface area contributed by atoms with Gasteiger partial charge in [0.2, 0.25) is 23.6 Å². The standard InChI is InChI=1S/C19H31F3N5O5.Y/c1-9(23)15(30)26-13(18(3,4)5)17(32)25-11(8-12(28)27(6)7)16(31)24-10(2)14(29)19(20,21)22;/h9-11,13,23H,8H2,1-7H3,(H,24,31)(H,25,32)(H,26,30);/q-1;/t9?,10?,11?,13-;/m1./s1. The Morgan fingerprint density at radius 3 is 1.73 bits per heavy atom. The molecule has 0 aromatic heterocycles. The minimum absolute atomic E-state index is 0. The van der Waals surface area contributed by atoms with Gasteiger partial charge in [0.1, 0.15) is 12.1 Å². The zero-order valence-corrected chi connectivity index (χ0v) is 22.6. The summed E-state index contributed by atoms with van der Waals surface area (Å²) in [5.41, 5.74) is 6.58. The average Bonchev–Trinajstić information content (AvgIpc) is 2.62. The fraction of sp³-hybridized carbons (Fsp3) is 0.737. The van der Waals surface area contributed by atoms with Crippen molar-refractivity contribution in [1.82, 2.24) is 20.9 Å². The van der Waals surface area contributed by atoms with Crippen LogP contribution in [0.1, 0.15) is 41.0 Å². The summed E-state index contributed by atoms with van der Waals surface area (Å²) in [7, 11) is 2.76. The zero-order chi connectivity index (χ0) is 25.6. The van der Waals surface area contributed by atoms with Gasteiger partial charge < -0.3 is 26.6 Å². The third-order valence-corrected chi connectivity index (χ3v) is 4.35. The first-order valence-corrected chi connectivity index (χ1v) is 9.72. The van der Waals surface area contributed by atoms with Gasteiger partial charge >= 0.3 is 6.18 Å². The van der Waals surface area contributed by atoms with Gasteiger partial charge in [0.25, 0.3) is 5.78 Å². The topological polar surface area (TPSA) is 148 Å². The van der Waals surface area contributed by atoms with Crippen LogP contribution in [0, 0.1) is 5.41 Å². The molecule has 0 bridgehead atoms. The molecule has 0 rings (SSSR count). The van der Waals surface area contributed by atoms with Crippen molar-refractivity contribution in [3.05, 3.63) is 5.73 Å². The molecule has 0 spiro atoms. The Kier molecular flexibility index (Phi) is 13.6. The van der Waals surface area contributed by atoms with Crippen LogP contribution in [-0.4, -0.2) is 78.8 Å². The molecule has 0 aliphatic heterocycles. The van der Waals surface area contributed by atoms with E-state index in [1.807, 2.05) is 5.32 Å². The molecule has 0 heterocycles. The van der Waals surface area contributed by atoms with Gasteiger partial charge in [-0.3, -0.25) is 24.0 Å². The third kappa shape index (κ3) is 11.4. The number of nitrogens with zero attached hydrogens (tertiary/aromatic N) is 1. The zero-order valence-electron chi connectivity index (χ0n) is 19.7. The fourth-order valence-corrected chi connectivity index (χ4v) is 2.39. The average molecular weight is 555 g/mol. The molecule has 0 aromatic carbocycles. The number of nitrogens with one attached hydrogen (secondary N) is 4. The van der Waals surface area contributed by atoms with E-state index in [-0.39, 0.29) is 32.7 Å². The maximum Gasteiger partial charge on any atom is 0.452 e. The maximum atomic E-state index is 12.9. The largest absolute Gasteiger partial charge is 0.667 e. The van der Waals surface area contributed by atoms with Crippen molar-refractivity contribution in [1.29, 1.82) is 0 Å². The van der Waals surface area contributed by atoms with Gasteiger partial charge in [0, 0.05) is 46.8 Å². The summed E-state index contributed by atoms with van der Waals surface area (Å²) in [6.45, 7) is 6.94. The van der Waals surface area contributed by atoms with E-state index in [4.69, 9.17) is 5.73 Å².